The van der Waals surface area contributed by atoms with E-state index in [1.807, 2.05) is 42.1 Å². The summed E-state index contributed by atoms with van der Waals surface area (Å²) in [5.74, 6) is 0.719. The Morgan fingerprint density at radius 3 is 2.76 bits per heavy atom. The number of aryl methyl sites for hydroxylation is 1. The molecule has 1 aromatic carbocycles. The molecule has 4 nitrogen and oxygen atoms in total. The van der Waals surface area contributed by atoms with Gasteiger partial charge in [-0.1, -0.05) is 12.1 Å². The Bertz CT molecular complexity index is 505. The summed E-state index contributed by atoms with van der Waals surface area (Å²) in [5.41, 5.74) is 8.70. The zero-order valence-corrected chi connectivity index (χ0v) is 10.2. The Morgan fingerprint density at radius 2 is 2.12 bits per heavy atom. The van der Waals surface area contributed by atoms with Crippen LogP contribution in [0.3, 0.4) is 0 Å². The number of benzene rings is 1. The third-order valence-corrected chi connectivity index (χ3v) is 2.81. The van der Waals surface area contributed by atoms with Crippen molar-refractivity contribution in [2.24, 2.45) is 0 Å². The molecule has 0 atom stereocenters. The van der Waals surface area contributed by atoms with E-state index in [0.717, 1.165) is 23.6 Å². The first-order valence-electron chi connectivity index (χ1n) is 5.71. The SMILES string of the molecule is CCn1ncc(COc2ccccc2N)c1C. The summed E-state index contributed by atoms with van der Waals surface area (Å²) in [6, 6.07) is 7.50. The summed E-state index contributed by atoms with van der Waals surface area (Å²) >= 11 is 0. The number of ether oxygens (including phenoxy) is 1. The number of rotatable bonds is 4. The molecule has 0 unspecified atom stereocenters. The lowest BCUT2D eigenvalue weighted by molar-refractivity contribution is 0.307. The molecule has 0 bridgehead atoms. The second-order valence-corrected chi connectivity index (χ2v) is 3.90. The maximum absolute atomic E-state index is 5.81. The monoisotopic (exact) mass is 231 g/mol. The number of anilines is 1. The van der Waals surface area contributed by atoms with Crippen molar-refractivity contribution in [1.29, 1.82) is 0 Å². The highest BCUT2D eigenvalue weighted by Crippen LogP contribution is 2.21. The zero-order valence-electron chi connectivity index (χ0n) is 10.2. The summed E-state index contributed by atoms with van der Waals surface area (Å²) in [6.07, 6.45) is 1.85. The van der Waals surface area contributed by atoms with Gasteiger partial charge in [0, 0.05) is 17.8 Å². The fraction of sp³-hybridized carbons (Fsp3) is 0.308. The topological polar surface area (TPSA) is 53.1 Å². The fourth-order valence-corrected chi connectivity index (χ4v) is 1.71. The van der Waals surface area contributed by atoms with Crippen molar-refractivity contribution in [2.45, 2.75) is 27.0 Å². The maximum atomic E-state index is 5.81. The van der Waals surface area contributed by atoms with Gasteiger partial charge in [0.05, 0.1) is 11.9 Å². The molecule has 0 saturated carbocycles. The van der Waals surface area contributed by atoms with Gasteiger partial charge in [-0.3, -0.25) is 4.68 Å². The van der Waals surface area contributed by atoms with Crippen molar-refractivity contribution in [1.82, 2.24) is 9.78 Å². The standard InChI is InChI=1S/C13H17N3O/c1-3-16-10(2)11(8-15-16)9-17-13-7-5-4-6-12(13)14/h4-8H,3,9,14H2,1-2H3. The van der Waals surface area contributed by atoms with Gasteiger partial charge in [-0.25, -0.2) is 0 Å². The van der Waals surface area contributed by atoms with Crippen LogP contribution >= 0.6 is 0 Å². The third-order valence-electron chi connectivity index (χ3n) is 2.81. The molecule has 2 rings (SSSR count). The van der Waals surface area contributed by atoms with Crippen molar-refractivity contribution in [3.8, 4) is 5.75 Å². The van der Waals surface area contributed by atoms with Crippen molar-refractivity contribution in [2.75, 3.05) is 5.73 Å². The van der Waals surface area contributed by atoms with E-state index in [4.69, 9.17) is 10.5 Å². The minimum Gasteiger partial charge on any atom is -0.487 e. The summed E-state index contributed by atoms with van der Waals surface area (Å²) in [5, 5.41) is 4.27. The van der Waals surface area contributed by atoms with Gasteiger partial charge in [0.15, 0.2) is 0 Å². The summed E-state index contributed by atoms with van der Waals surface area (Å²) in [6.45, 7) is 5.49. The molecule has 0 amide bonds. The molecule has 2 aromatic rings. The van der Waals surface area contributed by atoms with Crippen LogP contribution in [0.25, 0.3) is 0 Å². The van der Waals surface area contributed by atoms with E-state index in [9.17, 15) is 0 Å². The molecular weight excluding hydrogens is 214 g/mol. The molecule has 0 fully saturated rings. The molecule has 90 valence electrons. The lowest BCUT2D eigenvalue weighted by Crippen LogP contribution is -2.02. The average Bonchev–Trinajstić information content (AvgIpc) is 2.69. The van der Waals surface area contributed by atoms with Crippen LogP contribution in [0.1, 0.15) is 18.2 Å². The van der Waals surface area contributed by atoms with Crippen LogP contribution < -0.4 is 10.5 Å². The lowest BCUT2D eigenvalue weighted by atomic mass is 10.2. The van der Waals surface area contributed by atoms with Crippen molar-refractivity contribution >= 4 is 5.69 Å². The number of nitrogens with two attached hydrogens (primary N) is 1. The van der Waals surface area contributed by atoms with Crippen molar-refractivity contribution < 1.29 is 4.74 Å². The molecule has 0 aliphatic carbocycles. The Morgan fingerprint density at radius 1 is 1.35 bits per heavy atom. The Hall–Kier alpha value is -1.97. The molecular formula is C13H17N3O. The maximum Gasteiger partial charge on any atom is 0.142 e. The van der Waals surface area contributed by atoms with E-state index in [1.54, 1.807) is 0 Å². The van der Waals surface area contributed by atoms with Crippen molar-refractivity contribution in [3.05, 3.63) is 41.7 Å². The number of aromatic nitrogens is 2. The van der Waals surface area contributed by atoms with Gasteiger partial charge >= 0.3 is 0 Å². The van der Waals surface area contributed by atoms with Crippen LogP contribution in [0.2, 0.25) is 0 Å². The molecule has 0 saturated heterocycles. The van der Waals surface area contributed by atoms with E-state index < -0.39 is 0 Å². The smallest absolute Gasteiger partial charge is 0.142 e. The molecule has 0 aliphatic rings. The molecule has 0 aliphatic heterocycles. The highest BCUT2D eigenvalue weighted by molar-refractivity contribution is 5.51. The van der Waals surface area contributed by atoms with Gasteiger partial charge in [-0.15, -0.1) is 0 Å². The van der Waals surface area contributed by atoms with E-state index in [2.05, 4.69) is 12.0 Å². The van der Waals surface area contributed by atoms with E-state index in [0.29, 0.717) is 12.3 Å². The number of hydrogen-bond acceptors (Lipinski definition) is 3. The van der Waals surface area contributed by atoms with Crippen molar-refractivity contribution in [3.63, 3.8) is 0 Å². The minimum absolute atomic E-state index is 0.500. The van der Waals surface area contributed by atoms with Crippen LogP contribution in [0, 0.1) is 6.92 Å². The Balaban J connectivity index is 2.07. The minimum atomic E-state index is 0.500. The van der Waals surface area contributed by atoms with Gasteiger partial charge in [-0.2, -0.15) is 5.10 Å². The number of nitrogen functional groups attached to an aromatic ring is 1. The second kappa shape index (κ2) is 4.91. The zero-order chi connectivity index (χ0) is 12.3. The van der Waals surface area contributed by atoms with Crippen LogP contribution in [-0.4, -0.2) is 9.78 Å². The molecule has 2 N–H and O–H groups in total. The molecule has 1 aromatic heterocycles. The predicted octanol–water partition coefficient (Wildman–Crippen LogP) is 2.37. The predicted molar refractivity (Wildman–Crippen MR) is 67.8 cm³/mol. The van der Waals surface area contributed by atoms with Gasteiger partial charge in [0.2, 0.25) is 0 Å². The summed E-state index contributed by atoms with van der Waals surface area (Å²) in [4.78, 5) is 0. The first-order valence-corrected chi connectivity index (χ1v) is 5.71. The van der Waals surface area contributed by atoms with Crippen LogP contribution in [0.5, 0.6) is 5.75 Å². The third kappa shape index (κ3) is 2.41. The molecule has 0 spiro atoms. The average molecular weight is 231 g/mol. The lowest BCUT2D eigenvalue weighted by Gasteiger charge is -2.08. The highest BCUT2D eigenvalue weighted by atomic mass is 16.5. The summed E-state index contributed by atoms with van der Waals surface area (Å²) in [7, 11) is 0. The van der Waals surface area contributed by atoms with E-state index >= 15 is 0 Å². The van der Waals surface area contributed by atoms with Crippen LogP contribution in [-0.2, 0) is 13.2 Å². The molecule has 17 heavy (non-hydrogen) atoms. The number of nitrogens with zero attached hydrogens (tertiary/aromatic N) is 2. The number of para-hydroxylation sites is 2. The molecule has 1 heterocycles. The quantitative estimate of drug-likeness (QED) is 0.822. The van der Waals surface area contributed by atoms with Crippen LogP contribution in [0.15, 0.2) is 30.5 Å². The van der Waals surface area contributed by atoms with Gasteiger partial charge < -0.3 is 10.5 Å². The fourth-order valence-electron chi connectivity index (χ4n) is 1.71. The first kappa shape index (κ1) is 11.5. The van der Waals surface area contributed by atoms with Crippen LogP contribution in [0.4, 0.5) is 5.69 Å². The second-order valence-electron chi connectivity index (χ2n) is 3.90. The highest BCUT2D eigenvalue weighted by Gasteiger charge is 2.06. The van der Waals surface area contributed by atoms with E-state index in [-0.39, 0.29) is 0 Å². The van der Waals surface area contributed by atoms with Gasteiger partial charge in [0.1, 0.15) is 12.4 Å². The Kier molecular flexibility index (Phi) is 3.32. The Labute approximate surface area is 101 Å². The first-order chi connectivity index (χ1) is 8.22. The molecule has 4 heteroatoms. The normalized spacial score (nSPS) is 10.5. The van der Waals surface area contributed by atoms with Gasteiger partial charge in [0.25, 0.3) is 0 Å². The van der Waals surface area contributed by atoms with E-state index in [1.165, 1.54) is 0 Å². The summed E-state index contributed by atoms with van der Waals surface area (Å²) < 4.78 is 7.63. The largest absolute Gasteiger partial charge is 0.487 e. The van der Waals surface area contributed by atoms with Gasteiger partial charge in [-0.05, 0) is 26.0 Å². The number of hydrogen-bond donors (Lipinski definition) is 1. The molecule has 0 radical (unpaired) electrons.